The molecule has 106 valence electrons. The average Bonchev–Trinajstić information content (AvgIpc) is 2.38. The van der Waals surface area contributed by atoms with E-state index in [1.807, 2.05) is 13.0 Å². The Hall–Kier alpha value is -1.43. The fourth-order valence-corrected chi connectivity index (χ4v) is 1.39. The van der Waals surface area contributed by atoms with Gasteiger partial charge in [0.15, 0.2) is 5.78 Å². The number of Topliss-reactive ketones (excluding diaryl/α,β-unsaturated/α-hetero) is 1. The van der Waals surface area contributed by atoms with Crippen molar-refractivity contribution < 1.29 is 27.1 Å². The van der Waals surface area contributed by atoms with Crippen molar-refractivity contribution in [3.63, 3.8) is 0 Å². The van der Waals surface area contributed by atoms with Gasteiger partial charge in [-0.15, -0.1) is 0 Å². The monoisotopic (exact) mass is 278 g/mol. The maximum absolute atomic E-state index is 12.5. The van der Waals surface area contributed by atoms with Gasteiger partial charge in [-0.25, -0.2) is 8.78 Å². The van der Waals surface area contributed by atoms with Crippen LogP contribution >= 0.6 is 0 Å². The number of hydrogen-bond donors (Lipinski definition) is 0. The van der Waals surface area contributed by atoms with Gasteiger partial charge < -0.3 is 4.74 Å². The summed E-state index contributed by atoms with van der Waals surface area (Å²) in [5.41, 5.74) is 1.24. The highest BCUT2D eigenvalue weighted by Crippen LogP contribution is 2.22. The lowest BCUT2D eigenvalue weighted by Crippen LogP contribution is -2.33. The van der Waals surface area contributed by atoms with Crippen molar-refractivity contribution in [2.75, 3.05) is 13.2 Å². The standard InChI is InChI=1S/C13H14F4O2/c1-2-9-4-3-5-10(6-9)11(18)7-19-8-13(16,17)12(14)15/h3-6,12H,2,7-8H2,1H3. The summed E-state index contributed by atoms with van der Waals surface area (Å²) in [5, 5.41) is 0. The molecular weight excluding hydrogens is 264 g/mol. The highest BCUT2D eigenvalue weighted by molar-refractivity contribution is 5.97. The highest BCUT2D eigenvalue weighted by atomic mass is 19.3. The molecule has 6 heteroatoms. The van der Waals surface area contributed by atoms with Gasteiger partial charge >= 0.3 is 12.3 Å². The summed E-state index contributed by atoms with van der Waals surface area (Å²) in [4.78, 5) is 11.6. The van der Waals surface area contributed by atoms with Gasteiger partial charge in [0.25, 0.3) is 0 Å². The van der Waals surface area contributed by atoms with Crippen LogP contribution in [0.15, 0.2) is 24.3 Å². The summed E-state index contributed by atoms with van der Waals surface area (Å²) in [7, 11) is 0. The Morgan fingerprint density at radius 1 is 1.37 bits per heavy atom. The third-order valence-electron chi connectivity index (χ3n) is 2.50. The molecule has 0 bridgehead atoms. The third-order valence-corrected chi connectivity index (χ3v) is 2.50. The van der Waals surface area contributed by atoms with E-state index in [0.29, 0.717) is 5.56 Å². The quantitative estimate of drug-likeness (QED) is 0.565. The van der Waals surface area contributed by atoms with Crippen LogP contribution in [0, 0.1) is 0 Å². The molecule has 0 aromatic heterocycles. The van der Waals surface area contributed by atoms with E-state index in [4.69, 9.17) is 0 Å². The molecule has 0 heterocycles. The molecular formula is C13H14F4O2. The van der Waals surface area contributed by atoms with Crippen LogP contribution in [0.25, 0.3) is 0 Å². The van der Waals surface area contributed by atoms with Crippen molar-refractivity contribution in [2.45, 2.75) is 25.7 Å². The Balaban J connectivity index is 2.52. The molecule has 0 atom stereocenters. The normalized spacial score (nSPS) is 11.9. The van der Waals surface area contributed by atoms with Crippen LogP contribution in [-0.2, 0) is 11.2 Å². The van der Waals surface area contributed by atoms with Crippen LogP contribution in [0.4, 0.5) is 17.6 Å². The van der Waals surface area contributed by atoms with Crippen LogP contribution in [0.5, 0.6) is 0 Å². The minimum atomic E-state index is -4.23. The van der Waals surface area contributed by atoms with E-state index in [9.17, 15) is 22.4 Å². The number of rotatable bonds is 7. The van der Waals surface area contributed by atoms with Gasteiger partial charge in [-0.05, 0) is 18.1 Å². The van der Waals surface area contributed by atoms with Crippen molar-refractivity contribution in [3.8, 4) is 0 Å². The number of alkyl halides is 4. The maximum atomic E-state index is 12.5. The smallest absolute Gasteiger partial charge is 0.330 e. The summed E-state index contributed by atoms with van der Waals surface area (Å²) in [6, 6.07) is 6.63. The Morgan fingerprint density at radius 2 is 2.05 bits per heavy atom. The maximum Gasteiger partial charge on any atom is 0.330 e. The number of ether oxygens (including phenoxy) is 1. The number of carbonyl (C=O) groups is 1. The molecule has 1 aromatic rings. The molecule has 0 aliphatic rings. The zero-order chi connectivity index (χ0) is 14.5. The molecule has 0 radical (unpaired) electrons. The van der Waals surface area contributed by atoms with E-state index in [1.165, 1.54) is 6.07 Å². The van der Waals surface area contributed by atoms with Crippen molar-refractivity contribution >= 4 is 5.78 Å². The van der Waals surface area contributed by atoms with Crippen LogP contribution in [0.3, 0.4) is 0 Å². The molecule has 2 nitrogen and oxygen atoms in total. The van der Waals surface area contributed by atoms with Crippen molar-refractivity contribution in [1.82, 2.24) is 0 Å². The molecule has 1 rings (SSSR count). The lowest BCUT2D eigenvalue weighted by molar-refractivity contribution is -0.163. The molecule has 1 aromatic carbocycles. The summed E-state index contributed by atoms with van der Waals surface area (Å²) in [5.74, 6) is -4.74. The SMILES string of the molecule is CCc1cccc(C(=O)COCC(F)(F)C(F)F)c1. The number of halogens is 4. The Kier molecular flexibility index (Phi) is 5.47. The number of hydrogen-bond acceptors (Lipinski definition) is 2. The molecule has 0 saturated carbocycles. The lowest BCUT2D eigenvalue weighted by atomic mass is 10.1. The Morgan fingerprint density at radius 3 is 2.63 bits per heavy atom. The first-order chi connectivity index (χ1) is 8.86. The van der Waals surface area contributed by atoms with E-state index < -0.39 is 31.3 Å². The van der Waals surface area contributed by atoms with Crippen LogP contribution < -0.4 is 0 Å². The summed E-state index contributed by atoms with van der Waals surface area (Å²) in [6.45, 7) is -0.206. The molecule has 0 aliphatic heterocycles. The van der Waals surface area contributed by atoms with E-state index in [0.717, 1.165) is 12.0 Å². The zero-order valence-corrected chi connectivity index (χ0v) is 10.3. The third kappa shape index (κ3) is 4.63. The molecule has 19 heavy (non-hydrogen) atoms. The summed E-state index contributed by atoms with van der Waals surface area (Å²) < 4.78 is 53.1. The van der Waals surface area contributed by atoms with Gasteiger partial charge in [-0.2, -0.15) is 8.78 Å². The lowest BCUT2D eigenvalue weighted by Gasteiger charge is -2.14. The molecule has 0 saturated heterocycles. The molecule has 0 aliphatic carbocycles. The van der Waals surface area contributed by atoms with Gasteiger partial charge in [0.05, 0.1) is 0 Å². The fourth-order valence-electron chi connectivity index (χ4n) is 1.39. The predicted octanol–water partition coefficient (Wildman–Crippen LogP) is 3.35. The van der Waals surface area contributed by atoms with Crippen LogP contribution in [0.1, 0.15) is 22.8 Å². The molecule has 0 fully saturated rings. The van der Waals surface area contributed by atoms with Gasteiger partial charge in [0.1, 0.15) is 13.2 Å². The second-order valence-electron chi connectivity index (χ2n) is 4.03. The van der Waals surface area contributed by atoms with Gasteiger partial charge in [-0.1, -0.05) is 25.1 Å². The topological polar surface area (TPSA) is 26.3 Å². The van der Waals surface area contributed by atoms with E-state index in [2.05, 4.69) is 4.74 Å². The second kappa shape index (κ2) is 6.65. The summed E-state index contributed by atoms with van der Waals surface area (Å²) >= 11 is 0. The first kappa shape index (κ1) is 15.6. The largest absolute Gasteiger partial charge is 0.367 e. The molecule has 0 spiro atoms. The zero-order valence-electron chi connectivity index (χ0n) is 10.3. The minimum absolute atomic E-state index is 0.319. The first-order valence-electron chi connectivity index (χ1n) is 5.72. The number of ketones is 1. The van der Waals surface area contributed by atoms with E-state index in [1.54, 1.807) is 12.1 Å². The average molecular weight is 278 g/mol. The van der Waals surface area contributed by atoms with Crippen molar-refractivity contribution in [3.05, 3.63) is 35.4 Å². The van der Waals surface area contributed by atoms with Gasteiger partial charge in [-0.3, -0.25) is 4.79 Å². The van der Waals surface area contributed by atoms with Crippen LogP contribution in [-0.4, -0.2) is 31.3 Å². The Bertz CT molecular complexity index is 432. The van der Waals surface area contributed by atoms with Crippen molar-refractivity contribution in [1.29, 1.82) is 0 Å². The number of benzene rings is 1. The fraction of sp³-hybridized carbons (Fsp3) is 0.462. The van der Waals surface area contributed by atoms with Crippen molar-refractivity contribution in [2.24, 2.45) is 0 Å². The van der Waals surface area contributed by atoms with Gasteiger partial charge in [0, 0.05) is 5.56 Å². The first-order valence-corrected chi connectivity index (χ1v) is 5.72. The highest BCUT2D eigenvalue weighted by Gasteiger charge is 2.41. The van der Waals surface area contributed by atoms with E-state index >= 15 is 0 Å². The second-order valence-corrected chi connectivity index (χ2v) is 4.03. The van der Waals surface area contributed by atoms with Gasteiger partial charge in [0.2, 0.25) is 0 Å². The minimum Gasteiger partial charge on any atom is -0.367 e. The number of aryl methyl sites for hydroxylation is 1. The molecule has 0 N–H and O–H groups in total. The number of carbonyl (C=O) groups excluding carboxylic acids is 1. The summed E-state index contributed by atoms with van der Waals surface area (Å²) in [6.07, 6.45) is -3.07. The Labute approximate surface area is 108 Å². The molecule has 0 unspecified atom stereocenters. The van der Waals surface area contributed by atoms with E-state index in [-0.39, 0.29) is 0 Å². The predicted molar refractivity (Wildman–Crippen MR) is 61.9 cm³/mol. The van der Waals surface area contributed by atoms with Crippen LogP contribution in [0.2, 0.25) is 0 Å². The molecule has 0 amide bonds.